The van der Waals surface area contributed by atoms with E-state index in [1.165, 1.54) is 0 Å². The quantitative estimate of drug-likeness (QED) is 0.692. The van der Waals surface area contributed by atoms with Gasteiger partial charge in [0.2, 0.25) is 5.91 Å². The number of nitrogens with zero attached hydrogens (tertiary/aromatic N) is 1. The molecule has 0 saturated carbocycles. The first-order chi connectivity index (χ1) is 8.73. The van der Waals surface area contributed by atoms with Crippen molar-refractivity contribution in [2.24, 2.45) is 5.92 Å². The van der Waals surface area contributed by atoms with E-state index < -0.39 is 36.2 Å². The molecule has 0 aromatic rings. The molecule has 7 nitrogen and oxygen atoms in total. The molecule has 0 bridgehead atoms. The summed E-state index contributed by atoms with van der Waals surface area (Å²) in [5.74, 6) is -4.33. The third-order valence-corrected chi connectivity index (χ3v) is 2.71. The van der Waals surface area contributed by atoms with E-state index in [9.17, 15) is 19.2 Å². The first-order valence-corrected chi connectivity index (χ1v) is 5.76. The second kappa shape index (κ2) is 5.64. The molecule has 19 heavy (non-hydrogen) atoms. The number of hydrogen-bond acceptors (Lipinski definition) is 4. The highest BCUT2D eigenvalue weighted by Gasteiger charge is 2.38. The van der Waals surface area contributed by atoms with E-state index in [2.05, 4.69) is 0 Å². The van der Waals surface area contributed by atoms with Crippen molar-refractivity contribution in [2.45, 2.75) is 32.7 Å². The van der Waals surface area contributed by atoms with Crippen LogP contribution in [-0.2, 0) is 19.2 Å². The Balaban J connectivity index is 3.05. The molecule has 0 radical (unpaired) electrons. The Morgan fingerprint density at radius 3 is 2.26 bits per heavy atom. The van der Waals surface area contributed by atoms with Crippen molar-refractivity contribution in [1.29, 1.82) is 0 Å². The molecule has 1 unspecified atom stereocenters. The molecule has 2 amide bonds. The van der Waals surface area contributed by atoms with Crippen LogP contribution in [0, 0.1) is 5.92 Å². The predicted molar refractivity (Wildman–Crippen MR) is 63.1 cm³/mol. The molecule has 0 spiro atoms. The number of amides is 2. The Hall–Kier alpha value is -2.18. The summed E-state index contributed by atoms with van der Waals surface area (Å²) in [6.07, 6.45) is 0.464. The zero-order chi connectivity index (χ0) is 14.7. The minimum absolute atomic E-state index is 0.0217. The summed E-state index contributed by atoms with van der Waals surface area (Å²) in [6, 6.07) is -1.26. The van der Waals surface area contributed by atoms with Gasteiger partial charge >= 0.3 is 11.9 Å². The zero-order valence-corrected chi connectivity index (χ0v) is 10.6. The van der Waals surface area contributed by atoms with Gasteiger partial charge in [0.25, 0.3) is 5.91 Å². The second-order valence-corrected chi connectivity index (χ2v) is 4.74. The molecule has 0 fully saturated rings. The number of carbonyl (C=O) groups excluding carboxylic acids is 2. The molecule has 1 aliphatic rings. The van der Waals surface area contributed by atoms with Gasteiger partial charge in [-0.2, -0.15) is 0 Å². The molecule has 1 atom stereocenters. The van der Waals surface area contributed by atoms with E-state index in [-0.39, 0.29) is 17.9 Å². The van der Waals surface area contributed by atoms with Crippen LogP contribution in [0.1, 0.15) is 26.7 Å². The SMILES string of the molecule is CC(C)CC(C(=O)O)N1C(=O)C=C(C(=O)O)CC1=O. The van der Waals surface area contributed by atoms with Gasteiger partial charge < -0.3 is 10.2 Å². The van der Waals surface area contributed by atoms with Crippen LogP contribution in [0.25, 0.3) is 0 Å². The first kappa shape index (κ1) is 14.9. The van der Waals surface area contributed by atoms with Gasteiger partial charge in [-0.1, -0.05) is 13.8 Å². The Labute approximate surface area is 109 Å². The lowest BCUT2D eigenvalue weighted by molar-refractivity contribution is -0.157. The van der Waals surface area contributed by atoms with Crippen LogP contribution in [0.4, 0.5) is 0 Å². The van der Waals surface area contributed by atoms with Gasteiger partial charge in [-0.15, -0.1) is 0 Å². The van der Waals surface area contributed by atoms with Gasteiger partial charge in [0.05, 0.1) is 12.0 Å². The maximum Gasteiger partial charge on any atom is 0.332 e. The molecule has 0 aliphatic carbocycles. The first-order valence-electron chi connectivity index (χ1n) is 5.76. The summed E-state index contributed by atoms with van der Waals surface area (Å²) < 4.78 is 0. The maximum absolute atomic E-state index is 11.8. The molecule has 7 heteroatoms. The summed E-state index contributed by atoms with van der Waals surface area (Å²) in [4.78, 5) is 46.1. The van der Waals surface area contributed by atoms with E-state index in [4.69, 9.17) is 10.2 Å². The Bertz CT molecular complexity index is 465. The van der Waals surface area contributed by atoms with Gasteiger partial charge in [0.1, 0.15) is 6.04 Å². The lowest BCUT2D eigenvalue weighted by atomic mass is 9.99. The average Bonchev–Trinajstić information content (AvgIpc) is 2.25. The fourth-order valence-corrected chi connectivity index (χ4v) is 1.87. The van der Waals surface area contributed by atoms with Crippen LogP contribution < -0.4 is 0 Å². The Morgan fingerprint density at radius 1 is 1.32 bits per heavy atom. The number of imide groups is 1. The van der Waals surface area contributed by atoms with Crippen LogP contribution in [-0.4, -0.2) is 44.9 Å². The lowest BCUT2D eigenvalue weighted by Gasteiger charge is -2.29. The summed E-state index contributed by atoms with van der Waals surface area (Å²) in [5.41, 5.74) is -0.320. The molecular weight excluding hydrogens is 254 g/mol. The molecular formula is C12H15NO6. The number of carboxylic acid groups (broad SMARTS) is 2. The van der Waals surface area contributed by atoms with E-state index >= 15 is 0 Å². The third-order valence-electron chi connectivity index (χ3n) is 2.71. The molecule has 1 rings (SSSR count). The fraction of sp³-hybridized carbons (Fsp3) is 0.500. The maximum atomic E-state index is 11.8. The number of aliphatic carboxylic acids is 2. The molecule has 104 valence electrons. The van der Waals surface area contributed by atoms with Crippen LogP contribution in [0.2, 0.25) is 0 Å². The normalized spacial score (nSPS) is 17.4. The smallest absolute Gasteiger partial charge is 0.332 e. The van der Waals surface area contributed by atoms with Gasteiger partial charge in [-0.25, -0.2) is 9.59 Å². The highest BCUT2D eigenvalue weighted by Crippen LogP contribution is 2.20. The predicted octanol–water partition coefficient (Wildman–Crippen LogP) is 0.256. The summed E-state index contributed by atoms with van der Waals surface area (Å²) >= 11 is 0. The Morgan fingerprint density at radius 2 is 1.89 bits per heavy atom. The monoisotopic (exact) mass is 269 g/mol. The van der Waals surface area contributed by atoms with Gasteiger partial charge in [-0.05, 0) is 12.3 Å². The number of carbonyl (C=O) groups is 4. The van der Waals surface area contributed by atoms with Crippen LogP contribution in [0.5, 0.6) is 0 Å². The van der Waals surface area contributed by atoms with Crippen molar-refractivity contribution in [3.63, 3.8) is 0 Å². The van der Waals surface area contributed by atoms with Crippen molar-refractivity contribution in [2.75, 3.05) is 0 Å². The summed E-state index contributed by atoms with van der Waals surface area (Å²) in [7, 11) is 0. The van der Waals surface area contributed by atoms with E-state index in [1.807, 2.05) is 0 Å². The standard InChI is InChI=1S/C12H15NO6/c1-6(2)3-8(12(18)19)13-9(14)4-7(11(16)17)5-10(13)15/h4,6,8H,3,5H2,1-2H3,(H,16,17)(H,18,19). The lowest BCUT2D eigenvalue weighted by Crippen LogP contribution is -2.50. The molecule has 1 aliphatic heterocycles. The zero-order valence-electron chi connectivity index (χ0n) is 10.6. The van der Waals surface area contributed by atoms with Crippen molar-refractivity contribution in [1.82, 2.24) is 4.90 Å². The molecule has 1 heterocycles. The minimum atomic E-state index is -1.35. The highest BCUT2D eigenvalue weighted by molar-refractivity contribution is 6.12. The van der Waals surface area contributed by atoms with Gasteiger partial charge in [0, 0.05) is 6.08 Å². The molecule has 0 saturated heterocycles. The van der Waals surface area contributed by atoms with E-state index in [1.54, 1.807) is 13.8 Å². The molecule has 0 aromatic carbocycles. The van der Waals surface area contributed by atoms with Crippen LogP contribution >= 0.6 is 0 Å². The third kappa shape index (κ3) is 3.40. The fourth-order valence-electron chi connectivity index (χ4n) is 1.87. The van der Waals surface area contributed by atoms with E-state index in [0.717, 1.165) is 6.08 Å². The number of hydrogen-bond donors (Lipinski definition) is 2. The van der Waals surface area contributed by atoms with Crippen LogP contribution in [0.15, 0.2) is 11.6 Å². The topological polar surface area (TPSA) is 112 Å². The van der Waals surface area contributed by atoms with Crippen molar-refractivity contribution in [3.8, 4) is 0 Å². The average molecular weight is 269 g/mol. The minimum Gasteiger partial charge on any atom is -0.480 e. The largest absolute Gasteiger partial charge is 0.480 e. The van der Waals surface area contributed by atoms with E-state index in [0.29, 0.717) is 4.90 Å². The molecule has 0 aromatic heterocycles. The van der Waals surface area contributed by atoms with Crippen molar-refractivity contribution in [3.05, 3.63) is 11.6 Å². The molecule has 2 N–H and O–H groups in total. The van der Waals surface area contributed by atoms with Crippen LogP contribution in [0.3, 0.4) is 0 Å². The summed E-state index contributed by atoms with van der Waals surface area (Å²) in [6.45, 7) is 3.54. The van der Waals surface area contributed by atoms with Gasteiger partial charge in [-0.3, -0.25) is 14.5 Å². The van der Waals surface area contributed by atoms with Gasteiger partial charge in [0.15, 0.2) is 0 Å². The summed E-state index contributed by atoms with van der Waals surface area (Å²) in [5, 5.41) is 17.8. The number of carboxylic acids is 2. The van der Waals surface area contributed by atoms with Crippen molar-refractivity contribution >= 4 is 23.8 Å². The number of rotatable bonds is 5. The second-order valence-electron chi connectivity index (χ2n) is 4.74. The Kier molecular flexibility index (Phi) is 4.42. The van der Waals surface area contributed by atoms with Crippen molar-refractivity contribution < 1.29 is 29.4 Å². The highest BCUT2D eigenvalue weighted by atomic mass is 16.4.